The zero-order valence-electron chi connectivity index (χ0n) is 19.7. The minimum atomic E-state index is -4.56. The van der Waals surface area contributed by atoms with Gasteiger partial charge in [0.2, 0.25) is 0 Å². The highest BCUT2D eigenvalue weighted by Crippen LogP contribution is 2.35. The molecule has 0 bridgehead atoms. The first-order valence-electron chi connectivity index (χ1n) is 10.7. The van der Waals surface area contributed by atoms with E-state index in [0.29, 0.717) is 5.56 Å². The predicted molar refractivity (Wildman–Crippen MR) is 132 cm³/mol. The molecule has 0 aliphatic rings. The van der Waals surface area contributed by atoms with Crippen molar-refractivity contribution in [3.8, 4) is 28.3 Å². The number of hydrogen-bond donors (Lipinski definition) is 1. The average molecular weight is 482 g/mol. The van der Waals surface area contributed by atoms with Gasteiger partial charge in [-0.3, -0.25) is 0 Å². The number of halogens is 3. The van der Waals surface area contributed by atoms with Crippen LogP contribution in [-0.2, 0) is 6.18 Å². The third kappa shape index (κ3) is 6.09. The van der Waals surface area contributed by atoms with Gasteiger partial charge in [0.25, 0.3) is 0 Å². The van der Waals surface area contributed by atoms with Crippen LogP contribution < -0.4 is 10.5 Å². The topological polar surface area (TPSA) is 52.3 Å². The summed E-state index contributed by atoms with van der Waals surface area (Å²) in [5.74, 6) is 2.74. The molecule has 0 amide bonds. The van der Waals surface area contributed by atoms with Crippen LogP contribution in [-0.4, -0.2) is 14.0 Å². The molecule has 0 aliphatic heterocycles. The predicted octanol–water partition coefficient (Wildman–Crippen LogP) is 7.02. The van der Waals surface area contributed by atoms with Crippen LogP contribution in [0, 0.1) is 25.3 Å². The summed E-state index contributed by atoms with van der Waals surface area (Å²) < 4.78 is 44.5. The van der Waals surface area contributed by atoms with Crippen molar-refractivity contribution in [3.05, 3.63) is 82.4 Å². The zero-order valence-corrected chi connectivity index (χ0v) is 20.7. The molecule has 0 heterocycles. The Hall–Kier alpha value is -3.50. The average Bonchev–Trinajstić information content (AvgIpc) is 2.71. The van der Waals surface area contributed by atoms with E-state index in [1.54, 1.807) is 6.07 Å². The molecule has 3 aromatic rings. The van der Waals surface area contributed by atoms with Gasteiger partial charge in [-0.15, -0.1) is 5.54 Å². The van der Waals surface area contributed by atoms with Crippen LogP contribution >= 0.6 is 0 Å². The second-order valence-corrected chi connectivity index (χ2v) is 14.0. The highest BCUT2D eigenvalue weighted by atomic mass is 28.3. The second-order valence-electron chi connectivity index (χ2n) is 9.24. The number of esters is 1. The highest BCUT2D eigenvalue weighted by molar-refractivity contribution is 6.83. The van der Waals surface area contributed by atoms with Gasteiger partial charge in [-0.25, -0.2) is 4.79 Å². The van der Waals surface area contributed by atoms with Crippen molar-refractivity contribution >= 4 is 19.7 Å². The van der Waals surface area contributed by atoms with Crippen molar-refractivity contribution < 1.29 is 22.7 Å². The Balaban J connectivity index is 2.05. The minimum absolute atomic E-state index is 0.136. The second kappa shape index (κ2) is 9.39. The van der Waals surface area contributed by atoms with Gasteiger partial charge in [-0.2, -0.15) is 13.2 Å². The van der Waals surface area contributed by atoms with Crippen LogP contribution in [0.15, 0.2) is 54.6 Å². The maximum Gasteiger partial charge on any atom is 0.416 e. The van der Waals surface area contributed by atoms with Crippen LogP contribution in [0.25, 0.3) is 11.1 Å². The first kappa shape index (κ1) is 25.1. The van der Waals surface area contributed by atoms with Gasteiger partial charge in [0.1, 0.15) is 13.8 Å². The van der Waals surface area contributed by atoms with Crippen LogP contribution in [0.5, 0.6) is 5.75 Å². The third-order valence-electron chi connectivity index (χ3n) is 4.98. The summed E-state index contributed by atoms with van der Waals surface area (Å²) in [6.45, 7) is 10.3. The lowest BCUT2D eigenvalue weighted by Gasteiger charge is -2.15. The van der Waals surface area contributed by atoms with Crippen LogP contribution in [0.3, 0.4) is 0 Å². The summed E-state index contributed by atoms with van der Waals surface area (Å²) >= 11 is 0. The Morgan fingerprint density at radius 2 is 1.53 bits per heavy atom. The molecule has 7 heteroatoms. The fraction of sp³-hybridized carbons (Fsp3) is 0.222. The summed E-state index contributed by atoms with van der Waals surface area (Å²) in [6.07, 6.45) is -4.56. The van der Waals surface area contributed by atoms with Gasteiger partial charge in [0.15, 0.2) is 0 Å². The number of benzene rings is 3. The molecule has 0 aromatic heterocycles. The molecule has 2 N–H and O–H groups in total. The van der Waals surface area contributed by atoms with E-state index in [-0.39, 0.29) is 17.0 Å². The number of carbonyl (C=O) groups excluding carboxylic acids is 1. The quantitative estimate of drug-likeness (QED) is 0.144. The molecule has 0 saturated heterocycles. The normalized spacial score (nSPS) is 11.5. The minimum Gasteiger partial charge on any atom is -0.422 e. The first-order chi connectivity index (χ1) is 15.7. The van der Waals surface area contributed by atoms with E-state index in [9.17, 15) is 18.0 Å². The Kier molecular flexibility index (Phi) is 6.94. The van der Waals surface area contributed by atoms with Crippen molar-refractivity contribution in [2.75, 3.05) is 5.73 Å². The zero-order chi connectivity index (χ0) is 25.3. The van der Waals surface area contributed by atoms with E-state index >= 15 is 0 Å². The number of alkyl halides is 3. The smallest absolute Gasteiger partial charge is 0.416 e. The van der Waals surface area contributed by atoms with E-state index in [1.807, 2.05) is 44.2 Å². The molecule has 0 atom stereocenters. The van der Waals surface area contributed by atoms with Gasteiger partial charge in [-0.1, -0.05) is 49.8 Å². The molecule has 0 unspecified atom stereocenters. The fourth-order valence-corrected chi connectivity index (χ4v) is 3.78. The van der Waals surface area contributed by atoms with Crippen molar-refractivity contribution in [2.24, 2.45) is 0 Å². The lowest BCUT2D eigenvalue weighted by molar-refractivity contribution is -0.137. The number of nitrogens with two attached hydrogens (primary N) is 1. The van der Waals surface area contributed by atoms with Crippen molar-refractivity contribution in [2.45, 2.75) is 39.7 Å². The SMILES string of the molecule is Cc1ccc(-c2ccc(C)cc2OC(=O)c2ccc(C(F)(F)F)cc2N)c(C#C[Si](C)(C)C)c1. The Bertz CT molecular complexity index is 1310. The summed E-state index contributed by atoms with van der Waals surface area (Å²) in [7, 11) is -1.64. The molecule has 0 spiro atoms. The van der Waals surface area contributed by atoms with Crippen molar-refractivity contribution in [3.63, 3.8) is 0 Å². The summed E-state index contributed by atoms with van der Waals surface area (Å²) in [4.78, 5) is 12.9. The molecule has 0 aliphatic carbocycles. The van der Waals surface area contributed by atoms with E-state index < -0.39 is 25.8 Å². The van der Waals surface area contributed by atoms with Gasteiger partial charge in [0, 0.05) is 22.4 Å². The monoisotopic (exact) mass is 481 g/mol. The van der Waals surface area contributed by atoms with Crippen molar-refractivity contribution in [1.29, 1.82) is 0 Å². The number of anilines is 1. The van der Waals surface area contributed by atoms with Crippen LogP contribution in [0.4, 0.5) is 18.9 Å². The van der Waals surface area contributed by atoms with Crippen LogP contribution in [0.2, 0.25) is 19.6 Å². The van der Waals surface area contributed by atoms with Crippen molar-refractivity contribution in [1.82, 2.24) is 0 Å². The maximum absolute atomic E-state index is 13.0. The molecule has 176 valence electrons. The summed E-state index contributed by atoms with van der Waals surface area (Å²) in [5, 5.41) is 0. The van der Waals surface area contributed by atoms with Gasteiger partial charge in [0.05, 0.1) is 11.1 Å². The van der Waals surface area contributed by atoms with E-state index in [4.69, 9.17) is 10.5 Å². The number of ether oxygens (including phenoxy) is 1. The number of rotatable bonds is 3. The molecule has 34 heavy (non-hydrogen) atoms. The Labute approximate surface area is 198 Å². The Morgan fingerprint density at radius 1 is 0.912 bits per heavy atom. The lowest BCUT2D eigenvalue weighted by Crippen LogP contribution is -2.16. The van der Waals surface area contributed by atoms with Gasteiger partial charge in [-0.05, 0) is 55.3 Å². The van der Waals surface area contributed by atoms with Crippen LogP contribution in [0.1, 0.15) is 32.6 Å². The standard InChI is InChI=1S/C27H26F3NO2Si/c1-17-6-9-21(19(14-17)12-13-34(3,4)5)22-10-7-18(2)15-25(22)33-26(32)23-11-8-20(16-24(23)31)27(28,29)30/h6-11,14-16H,31H2,1-5H3. The van der Waals surface area contributed by atoms with Gasteiger partial charge >= 0.3 is 12.1 Å². The van der Waals surface area contributed by atoms with E-state index in [2.05, 4.69) is 31.1 Å². The Morgan fingerprint density at radius 3 is 2.12 bits per heavy atom. The number of hydrogen-bond acceptors (Lipinski definition) is 3. The number of nitrogen functional groups attached to an aromatic ring is 1. The number of aryl methyl sites for hydroxylation is 2. The molecule has 3 nitrogen and oxygen atoms in total. The first-order valence-corrected chi connectivity index (χ1v) is 14.2. The molecule has 3 aromatic carbocycles. The highest BCUT2D eigenvalue weighted by Gasteiger charge is 2.31. The molecule has 0 saturated carbocycles. The largest absolute Gasteiger partial charge is 0.422 e. The molecule has 0 fully saturated rings. The number of carbonyl (C=O) groups is 1. The summed E-state index contributed by atoms with van der Waals surface area (Å²) in [6, 6.07) is 13.9. The molecular formula is C27H26F3NO2Si. The molecule has 0 radical (unpaired) electrons. The van der Waals surface area contributed by atoms with Gasteiger partial charge < -0.3 is 10.5 Å². The molecular weight excluding hydrogens is 455 g/mol. The van der Waals surface area contributed by atoms with E-state index in [1.165, 1.54) is 0 Å². The van der Waals surface area contributed by atoms with E-state index in [0.717, 1.165) is 40.5 Å². The fourth-order valence-electron chi connectivity index (χ4n) is 3.27. The molecule has 3 rings (SSSR count). The maximum atomic E-state index is 13.0. The third-order valence-corrected chi connectivity index (χ3v) is 5.85. The lowest BCUT2D eigenvalue weighted by atomic mass is 9.96. The summed E-state index contributed by atoms with van der Waals surface area (Å²) in [5.41, 5.74) is 11.9.